The molecule has 3 heterocycles. The summed E-state index contributed by atoms with van der Waals surface area (Å²) in [5.74, 6) is -0.0519. The zero-order valence-electron chi connectivity index (χ0n) is 19.3. The van der Waals surface area contributed by atoms with Crippen molar-refractivity contribution in [2.24, 2.45) is 0 Å². The molecule has 1 fully saturated rings. The van der Waals surface area contributed by atoms with E-state index in [4.69, 9.17) is 16.6 Å². The monoisotopic (exact) mass is 582 g/mol. The van der Waals surface area contributed by atoms with Crippen LogP contribution in [0, 0.1) is 11.6 Å². The van der Waals surface area contributed by atoms with Gasteiger partial charge in [-0.25, -0.2) is 8.78 Å². The van der Waals surface area contributed by atoms with Crippen molar-refractivity contribution in [3.05, 3.63) is 107 Å². The first-order valence-corrected chi connectivity index (χ1v) is 12.7. The number of carbonyl (C=O) groups is 1. The molecule has 2 N–H and O–H groups in total. The summed E-state index contributed by atoms with van der Waals surface area (Å²) in [4.78, 5) is 19.0. The molecule has 0 aliphatic carbocycles. The Bertz CT molecular complexity index is 1450. The van der Waals surface area contributed by atoms with Crippen LogP contribution in [-0.4, -0.2) is 27.4 Å². The van der Waals surface area contributed by atoms with Crippen molar-refractivity contribution in [3.63, 3.8) is 0 Å². The molecule has 0 saturated carbocycles. The molecule has 2 aromatic heterocycles. The third-order valence-corrected chi connectivity index (χ3v) is 7.05. The zero-order chi connectivity index (χ0) is 25.9. The molecule has 0 radical (unpaired) electrons. The lowest BCUT2D eigenvalue weighted by atomic mass is 10.0. The second-order valence-corrected chi connectivity index (χ2v) is 9.67. The Kier molecular flexibility index (Phi) is 7.29. The number of rotatable bonds is 7. The third-order valence-electron chi connectivity index (χ3n) is 6.04. The van der Waals surface area contributed by atoms with Crippen molar-refractivity contribution in [1.29, 1.82) is 0 Å². The molecule has 2 aromatic carbocycles. The van der Waals surface area contributed by atoms with Crippen LogP contribution >= 0.6 is 28.1 Å². The van der Waals surface area contributed by atoms with Crippen LogP contribution < -0.4 is 10.6 Å². The van der Waals surface area contributed by atoms with Crippen LogP contribution in [0.25, 0.3) is 11.3 Å². The zero-order valence-corrected chi connectivity index (χ0v) is 21.7. The van der Waals surface area contributed by atoms with Gasteiger partial charge >= 0.3 is 0 Å². The Morgan fingerprint density at radius 1 is 1.11 bits per heavy atom. The van der Waals surface area contributed by atoms with Crippen molar-refractivity contribution in [3.8, 4) is 11.3 Å². The highest BCUT2D eigenvalue weighted by molar-refractivity contribution is 9.10. The number of furan rings is 1. The molecule has 1 amide bonds. The lowest BCUT2D eigenvalue weighted by Crippen LogP contribution is -2.32. The van der Waals surface area contributed by atoms with Crippen LogP contribution in [0.4, 0.5) is 14.5 Å². The molecule has 0 spiro atoms. The highest BCUT2D eigenvalue weighted by Crippen LogP contribution is 2.41. The SMILES string of the molecule is O=C(CCN1C(=S)N[C@@H](c2ccccn2)[C@H]1c1ccc(-c2ccc(F)cc2Br)o1)Nc1ccccc1F. The third kappa shape index (κ3) is 5.40. The fourth-order valence-corrected chi connectivity index (χ4v) is 5.18. The van der Waals surface area contributed by atoms with E-state index in [-0.39, 0.29) is 36.4 Å². The van der Waals surface area contributed by atoms with Gasteiger partial charge in [0.1, 0.15) is 29.2 Å². The Balaban J connectivity index is 1.42. The highest BCUT2D eigenvalue weighted by atomic mass is 79.9. The lowest BCUT2D eigenvalue weighted by molar-refractivity contribution is -0.116. The van der Waals surface area contributed by atoms with Crippen LogP contribution in [0.2, 0.25) is 0 Å². The number of amides is 1. The molecule has 1 aliphatic heterocycles. The van der Waals surface area contributed by atoms with Crippen LogP contribution in [0.3, 0.4) is 0 Å². The molecule has 37 heavy (non-hydrogen) atoms. The van der Waals surface area contributed by atoms with Gasteiger partial charge in [0, 0.05) is 29.2 Å². The first kappa shape index (κ1) is 25.0. The maximum atomic E-state index is 14.0. The maximum Gasteiger partial charge on any atom is 0.226 e. The van der Waals surface area contributed by atoms with Crippen LogP contribution in [0.1, 0.15) is 30.0 Å². The van der Waals surface area contributed by atoms with E-state index in [9.17, 15) is 13.6 Å². The van der Waals surface area contributed by atoms with Gasteiger partial charge in [0.2, 0.25) is 5.91 Å². The minimum Gasteiger partial charge on any atom is -0.459 e. The van der Waals surface area contributed by atoms with E-state index in [0.717, 1.165) is 5.69 Å². The van der Waals surface area contributed by atoms with E-state index in [1.54, 1.807) is 24.4 Å². The Morgan fingerprint density at radius 2 is 1.92 bits per heavy atom. The number of pyridine rings is 1. The molecule has 1 saturated heterocycles. The Hall–Kier alpha value is -3.63. The number of hydrogen-bond acceptors (Lipinski definition) is 4. The fourth-order valence-electron chi connectivity index (χ4n) is 4.30. The molecular formula is C27H21BrF2N4O2S. The van der Waals surface area contributed by atoms with Gasteiger partial charge < -0.3 is 20.0 Å². The molecule has 4 aromatic rings. The van der Waals surface area contributed by atoms with Crippen molar-refractivity contribution < 1.29 is 18.0 Å². The van der Waals surface area contributed by atoms with Gasteiger partial charge in [-0.3, -0.25) is 9.78 Å². The van der Waals surface area contributed by atoms with E-state index >= 15 is 0 Å². The Morgan fingerprint density at radius 3 is 2.68 bits per heavy atom. The first-order valence-electron chi connectivity index (χ1n) is 11.5. The molecule has 1 aliphatic rings. The van der Waals surface area contributed by atoms with Crippen LogP contribution in [0.5, 0.6) is 0 Å². The molecule has 188 valence electrons. The van der Waals surface area contributed by atoms with Gasteiger partial charge in [-0.1, -0.05) is 18.2 Å². The van der Waals surface area contributed by atoms with E-state index < -0.39 is 11.9 Å². The average molecular weight is 583 g/mol. The van der Waals surface area contributed by atoms with Crippen molar-refractivity contribution >= 4 is 44.9 Å². The van der Waals surface area contributed by atoms with Crippen molar-refractivity contribution in [2.75, 3.05) is 11.9 Å². The lowest BCUT2D eigenvalue weighted by Gasteiger charge is -2.25. The largest absolute Gasteiger partial charge is 0.459 e. The summed E-state index contributed by atoms with van der Waals surface area (Å²) in [7, 11) is 0. The van der Waals surface area contributed by atoms with Gasteiger partial charge in [0.15, 0.2) is 5.11 Å². The summed E-state index contributed by atoms with van der Waals surface area (Å²) < 4.78 is 34.4. The average Bonchev–Trinajstić information content (AvgIpc) is 3.49. The van der Waals surface area contributed by atoms with Crippen LogP contribution in [0.15, 0.2) is 87.9 Å². The second kappa shape index (κ2) is 10.8. The minimum atomic E-state index is -0.502. The van der Waals surface area contributed by atoms with Gasteiger partial charge in [-0.05, 0) is 82.7 Å². The van der Waals surface area contributed by atoms with Gasteiger partial charge in [0.05, 0.1) is 17.4 Å². The highest BCUT2D eigenvalue weighted by Gasteiger charge is 2.41. The van der Waals surface area contributed by atoms with Crippen molar-refractivity contribution in [1.82, 2.24) is 15.2 Å². The van der Waals surface area contributed by atoms with E-state index in [2.05, 4.69) is 31.5 Å². The summed E-state index contributed by atoms with van der Waals surface area (Å²) in [5, 5.41) is 6.36. The van der Waals surface area contributed by atoms with E-state index in [1.807, 2.05) is 35.2 Å². The summed E-state index contributed by atoms with van der Waals surface area (Å²) in [6, 6.07) is 18.9. The Labute approximate surface area is 225 Å². The van der Waals surface area contributed by atoms with Crippen molar-refractivity contribution in [2.45, 2.75) is 18.5 Å². The molecule has 0 unspecified atom stereocenters. The molecule has 0 bridgehead atoms. The van der Waals surface area contributed by atoms with Gasteiger partial charge in [0.25, 0.3) is 0 Å². The first-order chi connectivity index (χ1) is 17.9. The number of anilines is 1. The molecule has 6 nitrogen and oxygen atoms in total. The number of halogens is 3. The molecule has 10 heteroatoms. The van der Waals surface area contributed by atoms with Crippen LogP contribution in [-0.2, 0) is 4.79 Å². The topological polar surface area (TPSA) is 70.4 Å². The summed E-state index contributed by atoms with van der Waals surface area (Å²) >= 11 is 9.03. The number of nitrogens with one attached hydrogen (secondary N) is 2. The predicted octanol–water partition coefficient (Wildman–Crippen LogP) is 6.38. The van der Waals surface area contributed by atoms with Gasteiger partial charge in [-0.15, -0.1) is 0 Å². The number of aromatic nitrogens is 1. The standard InChI is InChI=1S/C27H21BrF2N4O2S/c28-18-15-16(29)8-9-17(18)22-10-11-23(36-22)26-25(21-7-3-4-13-31-21)33-27(37)34(26)14-12-24(35)32-20-6-2-1-5-19(20)30/h1-11,13,15,25-26H,12,14H2,(H,32,35)(H,33,37)/t25-,26+/m0/s1. The van der Waals surface area contributed by atoms with Gasteiger partial charge in [-0.2, -0.15) is 0 Å². The smallest absolute Gasteiger partial charge is 0.226 e. The molecular weight excluding hydrogens is 562 g/mol. The van der Waals surface area contributed by atoms with E-state index in [1.165, 1.54) is 24.3 Å². The quantitative estimate of drug-likeness (QED) is 0.246. The number of thiocarbonyl (C=S) groups is 1. The number of hydrogen-bond donors (Lipinski definition) is 2. The number of para-hydroxylation sites is 1. The van der Waals surface area contributed by atoms with E-state index in [0.29, 0.717) is 26.7 Å². The number of carbonyl (C=O) groups excluding carboxylic acids is 1. The summed E-state index contributed by atoms with van der Waals surface area (Å²) in [6.07, 6.45) is 1.77. The number of benzene rings is 2. The predicted molar refractivity (Wildman–Crippen MR) is 144 cm³/mol. The molecule has 5 rings (SSSR count). The minimum absolute atomic E-state index is 0.0681. The number of nitrogens with zero attached hydrogens (tertiary/aromatic N) is 2. The summed E-state index contributed by atoms with van der Waals surface area (Å²) in [5.41, 5.74) is 1.58. The normalized spacial score (nSPS) is 17.1. The fraction of sp³-hybridized carbons (Fsp3) is 0.148. The maximum absolute atomic E-state index is 14.0. The second-order valence-electron chi connectivity index (χ2n) is 8.42. The molecule has 2 atom stereocenters. The summed E-state index contributed by atoms with van der Waals surface area (Å²) in [6.45, 7) is 0.260.